The van der Waals surface area contributed by atoms with Gasteiger partial charge in [0, 0.05) is 5.56 Å². The standard InChI is InChI=1S/C18H19NO4/c1-13-4-3-5-14(10-13)12-23-17(20)11-19-18(21)15-6-8-16(22-2)9-7-15/h3-10H,11-12H2,1-2H3,(H,19,21). The Morgan fingerprint density at radius 3 is 2.48 bits per heavy atom. The van der Waals surface area contributed by atoms with Gasteiger partial charge >= 0.3 is 5.97 Å². The van der Waals surface area contributed by atoms with Gasteiger partial charge in [-0.3, -0.25) is 9.59 Å². The summed E-state index contributed by atoms with van der Waals surface area (Å²) in [6, 6.07) is 14.3. The van der Waals surface area contributed by atoms with Crippen LogP contribution in [0, 0.1) is 6.92 Å². The van der Waals surface area contributed by atoms with E-state index in [1.165, 1.54) is 0 Å². The molecule has 0 spiro atoms. The molecule has 0 aromatic heterocycles. The van der Waals surface area contributed by atoms with Crippen LogP contribution in [0.5, 0.6) is 5.75 Å². The molecule has 120 valence electrons. The molecule has 2 aromatic carbocycles. The third-order valence-electron chi connectivity index (χ3n) is 3.23. The van der Waals surface area contributed by atoms with Gasteiger partial charge in [-0.15, -0.1) is 0 Å². The lowest BCUT2D eigenvalue weighted by Gasteiger charge is -2.07. The van der Waals surface area contributed by atoms with Crippen LogP contribution in [0.2, 0.25) is 0 Å². The van der Waals surface area contributed by atoms with E-state index in [2.05, 4.69) is 5.32 Å². The molecule has 2 aromatic rings. The van der Waals surface area contributed by atoms with Gasteiger partial charge in [-0.2, -0.15) is 0 Å². The summed E-state index contributed by atoms with van der Waals surface area (Å²) in [6.07, 6.45) is 0. The Labute approximate surface area is 135 Å². The highest BCUT2D eigenvalue weighted by Crippen LogP contribution is 2.11. The molecule has 23 heavy (non-hydrogen) atoms. The van der Waals surface area contributed by atoms with Crippen LogP contribution < -0.4 is 10.1 Å². The third kappa shape index (κ3) is 5.14. The van der Waals surface area contributed by atoms with Crippen LogP contribution in [0.25, 0.3) is 0 Å². The van der Waals surface area contributed by atoms with Crippen molar-refractivity contribution in [3.05, 3.63) is 65.2 Å². The van der Waals surface area contributed by atoms with Crippen molar-refractivity contribution >= 4 is 11.9 Å². The molecule has 0 aliphatic rings. The van der Waals surface area contributed by atoms with Gasteiger partial charge in [0.05, 0.1) is 7.11 Å². The first-order valence-electron chi connectivity index (χ1n) is 7.22. The fourth-order valence-corrected chi connectivity index (χ4v) is 2.01. The zero-order valence-electron chi connectivity index (χ0n) is 13.2. The van der Waals surface area contributed by atoms with Crippen LogP contribution in [-0.2, 0) is 16.1 Å². The molecule has 0 bridgehead atoms. The number of methoxy groups -OCH3 is 1. The first-order chi connectivity index (χ1) is 11.1. The Morgan fingerprint density at radius 2 is 1.83 bits per heavy atom. The summed E-state index contributed by atoms with van der Waals surface area (Å²) in [4.78, 5) is 23.6. The van der Waals surface area contributed by atoms with Crippen molar-refractivity contribution in [3.8, 4) is 5.75 Å². The lowest BCUT2D eigenvalue weighted by Crippen LogP contribution is -2.30. The van der Waals surface area contributed by atoms with Crippen LogP contribution >= 0.6 is 0 Å². The van der Waals surface area contributed by atoms with Crippen molar-refractivity contribution < 1.29 is 19.1 Å². The maximum Gasteiger partial charge on any atom is 0.325 e. The average molecular weight is 313 g/mol. The zero-order valence-corrected chi connectivity index (χ0v) is 13.2. The van der Waals surface area contributed by atoms with E-state index in [9.17, 15) is 9.59 Å². The van der Waals surface area contributed by atoms with E-state index in [4.69, 9.17) is 9.47 Å². The molecule has 1 amide bonds. The van der Waals surface area contributed by atoms with E-state index in [0.29, 0.717) is 11.3 Å². The van der Waals surface area contributed by atoms with Crippen LogP contribution in [0.4, 0.5) is 0 Å². The van der Waals surface area contributed by atoms with Crippen molar-refractivity contribution in [2.24, 2.45) is 0 Å². The fourth-order valence-electron chi connectivity index (χ4n) is 2.01. The van der Waals surface area contributed by atoms with Gasteiger partial charge in [-0.05, 0) is 36.8 Å². The smallest absolute Gasteiger partial charge is 0.325 e. The van der Waals surface area contributed by atoms with Crippen molar-refractivity contribution in [1.29, 1.82) is 0 Å². The molecule has 0 saturated heterocycles. The number of ether oxygens (including phenoxy) is 2. The first kappa shape index (κ1) is 16.5. The van der Waals surface area contributed by atoms with Crippen LogP contribution in [0.1, 0.15) is 21.5 Å². The number of aryl methyl sites for hydroxylation is 1. The minimum atomic E-state index is -0.478. The van der Waals surface area contributed by atoms with Gasteiger partial charge in [-0.25, -0.2) is 0 Å². The summed E-state index contributed by atoms with van der Waals surface area (Å²) >= 11 is 0. The Balaban J connectivity index is 1.78. The van der Waals surface area contributed by atoms with E-state index in [0.717, 1.165) is 11.1 Å². The third-order valence-corrected chi connectivity index (χ3v) is 3.23. The predicted octanol–water partition coefficient (Wildman–Crippen LogP) is 2.48. The van der Waals surface area contributed by atoms with Crippen LogP contribution in [0.3, 0.4) is 0 Å². The Kier molecular flexibility index (Phi) is 5.74. The maximum atomic E-state index is 11.9. The second-order valence-electron chi connectivity index (χ2n) is 5.06. The highest BCUT2D eigenvalue weighted by atomic mass is 16.5. The average Bonchev–Trinajstić information content (AvgIpc) is 2.58. The highest BCUT2D eigenvalue weighted by Gasteiger charge is 2.09. The number of amides is 1. The first-order valence-corrected chi connectivity index (χ1v) is 7.22. The Morgan fingerprint density at radius 1 is 1.09 bits per heavy atom. The summed E-state index contributed by atoms with van der Waals surface area (Å²) in [5, 5.41) is 2.53. The number of esters is 1. The lowest BCUT2D eigenvalue weighted by molar-refractivity contribution is -0.143. The fraction of sp³-hybridized carbons (Fsp3) is 0.222. The van der Waals surface area contributed by atoms with E-state index >= 15 is 0 Å². The van der Waals surface area contributed by atoms with Gasteiger partial charge in [0.15, 0.2) is 0 Å². The number of nitrogens with one attached hydrogen (secondary N) is 1. The molecule has 5 nitrogen and oxygen atoms in total. The molecule has 2 rings (SSSR count). The monoisotopic (exact) mass is 313 g/mol. The SMILES string of the molecule is COc1ccc(C(=O)NCC(=O)OCc2cccc(C)c2)cc1. The molecule has 0 heterocycles. The van der Waals surface area contributed by atoms with Gasteiger partial charge in [-0.1, -0.05) is 29.8 Å². The van der Waals surface area contributed by atoms with E-state index in [1.54, 1.807) is 31.4 Å². The number of rotatable bonds is 6. The molecule has 5 heteroatoms. The summed E-state index contributed by atoms with van der Waals surface area (Å²) in [7, 11) is 1.55. The number of hydrogen-bond donors (Lipinski definition) is 1. The second-order valence-corrected chi connectivity index (χ2v) is 5.06. The number of benzene rings is 2. The van der Waals surface area contributed by atoms with Gasteiger partial charge in [0.25, 0.3) is 5.91 Å². The molecule has 0 aliphatic carbocycles. The van der Waals surface area contributed by atoms with E-state index < -0.39 is 5.97 Å². The number of carbonyl (C=O) groups is 2. The second kappa shape index (κ2) is 7.98. The molecule has 1 N–H and O–H groups in total. The summed E-state index contributed by atoms with van der Waals surface area (Å²) < 4.78 is 10.2. The highest BCUT2D eigenvalue weighted by molar-refractivity contribution is 5.96. The van der Waals surface area contributed by atoms with Gasteiger partial charge in [0.1, 0.15) is 18.9 Å². The van der Waals surface area contributed by atoms with Gasteiger partial charge in [0.2, 0.25) is 0 Å². The largest absolute Gasteiger partial charge is 0.497 e. The summed E-state index contributed by atoms with van der Waals surface area (Å²) in [5.41, 5.74) is 2.48. The van der Waals surface area contributed by atoms with Crippen molar-refractivity contribution in [2.45, 2.75) is 13.5 Å². The molecule has 0 aliphatic heterocycles. The predicted molar refractivity (Wildman–Crippen MR) is 86.3 cm³/mol. The summed E-state index contributed by atoms with van der Waals surface area (Å²) in [6.45, 7) is 2.00. The Hall–Kier alpha value is -2.82. The van der Waals surface area contributed by atoms with Crippen molar-refractivity contribution in [2.75, 3.05) is 13.7 Å². The number of carbonyl (C=O) groups excluding carboxylic acids is 2. The minimum Gasteiger partial charge on any atom is -0.497 e. The van der Waals surface area contributed by atoms with Crippen LogP contribution in [-0.4, -0.2) is 25.5 Å². The van der Waals surface area contributed by atoms with Crippen molar-refractivity contribution in [3.63, 3.8) is 0 Å². The molecule has 0 radical (unpaired) electrons. The molecule has 0 saturated carbocycles. The lowest BCUT2D eigenvalue weighted by atomic mass is 10.1. The topological polar surface area (TPSA) is 64.6 Å². The zero-order chi connectivity index (χ0) is 16.7. The maximum absolute atomic E-state index is 11.9. The minimum absolute atomic E-state index is 0.170. The molecule has 0 fully saturated rings. The summed E-state index contributed by atoms with van der Waals surface area (Å²) in [5.74, 6) is -0.146. The van der Waals surface area contributed by atoms with Crippen molar-refractivity contribution in [1.82, 2.24) is 5.32 Å². The molecular weight excluding hydrogens is 294 g/mol. The molecular formula is C18H19NO4. The van der Waals surface area contributed by atoms with E-state index in [-0.39, 0.29) is 19.1 Å². The quantitative estimate of drug-likeness (QED) is 0.832. The molecule has 0 unspecified atom stereocenters. The Bertz CT molecular complexity index is 680. The normalized spacial score (nSPS) is 10.0. The van der Waals surface area contributed by atoms with E-state index in [1.807, 2.05) is 31.2 Å². The molecule has 0 atom stereocenters. The van der Waals surface area contributed by atoms with Gasteiger partial charge < -0.3 is 14.8 Å². The number of hydrogen-bond acceptors (Lipinski definition) is 4. The van der Waals surface area contributed by atoms with Crippen LogP contribution in [0.15, 0.2) is 48.5 Å².